The maximum atomic E-state index is 12.3. The molecule has 2 heterocycles. The van der Waals surface area contributed by atoms with Gasteiger partial charge in [0.2, 0.25) is 0 Å². The van der Waals surface area contributed by atoms with Crippen LogP contribution in [-0.4, -0.2) is 26.6 Å². The Morgan fingerprint density at radius 2 is 1.90 bits per heavy atom. The third-order valence-corrected chi connectivity index (χ3v) is 5.49. The number of carboxylic acids is 1. The molecule has 1 N–H and O–H groups in total. The molecule has 4 aromatic rings. The zero-order chi connectivity index (χ0) is 20.8. The number of rotatable bonds is 4. The standard InChI is InChI=1S/C23H22N2O3S/c1-13-19(21(22(26)27)28-23(2,3)4)20(15-7-5-6-8-16(15)25-13)14-9-10-17-18(11-14)29-12-24-17/h5-12,21H,1-4H3,(H,26,27)/t21-/m0/s1. The Morgan fingerprint density at radius 3 is 2.62 bits per heavy atom. The molecule has 0 fully saturated rings. The minimum absolute atomic E-state index is 0.593. The van der Waals surface area contributed by atoms with Crippen LogP contribution in [0.3, 0.4) is 0 Å². The van der Waals surface area contributed by atoms with Gasteiger partial charge in [0.15, 0.2) is 6.10 Å². The highest BCUT2D eigenvalue weighted by Crippen LogP contribution is 2.40. The summed E-state index contributed by atoms with van der Waals surface area (Å²) >= 11 is 1.56. The summed E-state index contributed by atoms with van der Waals surface area (Å²) in [7, 11) is 0. The van der Waals surface area contributed by atoms with Gasteiger partial charge in [-0.05, 0) is 57.0 Å². The van der Waals surface area contributed by atoms with E-state index >= 15 is 0 Å². The van der Waals surface area contributed by atoms with Crippen molar-refractivity contribution in [1.82, 2.24) is 9.97 Å². The summed E-state index contributed by atoms with van der Waals surface area (Å²) in [5.41, 5.74) is 5.97. The van der Waals surface area contributed by atoms with Crippen LogP contribution in [0, 0.1) is 6.92 Å². The quantitative estimate of drug-likeness (QED) is 0.466. The average molecular weight is 407 g/mol. The lowest BCUT2D eigenvalue weighted by molar-refractivity contribution is -0.160. The molecular formula is C23H22N2O3S. The van der Waals surface area contributed by atoms with Crippen molar-refractivity contribution in [2.45, 2.75) is 39.4 Å². The van der Waals surface area contributed by atoms with Crippen LogP contribution in [-0.2, 0) is 9.53 Å². The van der Waals surface area contributed by atoms with E-state index in [2.05, 4.69) is 11.1 Å². The van der Waals surface area contributed by atoms with E-state index in [0.29, 0.717) is 11.3 Å². The van der Waals surface area contributed by atoms with E-state index in [1.54, 1.807) is 11.3 Å². The number of fused-ring (bicyclic) bond motifs is 2. The normalized spacial score (nSPS) is 13.1. The molecule has 0 amide bonds. The third-order valence-electron chi connectivity index (χ3n) is 4.70. The second-order valence-electron chi connectivity index (χ2n) is 7.99. The van der Waals surface area contributed by atoms with E-state index in [-0.39, 0.29) is 0 Å². The number of hydrogen-bond acceptors (Lipinski definition) is 5. The summed E-state index contributed by atoms with van der Waals surface area (Å²) < 4.78 is 7.05. The second-order valence-corrected chi connectivity index (χ2v) is 8.87. The van der Waals surface area contributed by atoms with Gasteiger partial charge in [0.25, 0.3) is 0 Å². The van der Waals surface area contributed by atoms with Crippen LogP contribution in [0.4, 0.5) is 0 Å². The Bertz CT molecular complexity index is 1220. The van der Waals surface area contributed by atoms with Crippen LogP contribution in [0.1, 0.15) is 38.1 Å². The molecule has 0 aliphatic rings. The Kier molecular flexibility index (Phi) is 4.84. The number of thiazole rings is 1. The predicted molar refractivity (Wildman–Crippen MR) is 116 cm³/mol. The molecule has 0 spiro atoms. The van der Waals surface area contributed by atoms with Crippen molar-refractivity contribution in [3.63, 3.8) is 0 Å². The van der Waals surface area contributed by atoms with E-state index in [4.69, 9.17) is 9.72 Å². The number of carboxylic acid groups (broad SMARTS) is 1. The lowest BCUT2D eigenvalue weighted by Gasteiger charge is -2.28. The molecule has 148 valence electrons. The first-order valence-electron chi connectivity index (χ1n) is 9.38. The lowest BCUT2D eigenvalue weighted by Crippen LogP contribution is -2.28. The number of aromatic nitrogens is 2. The molecule has 0 aliphatic carbocycles. The number of nitrogens with zero attached hydrogens (tertiary/aromatic N) is 2. The Hall–Kier alpha value is -2.83. The van der Waals surface area contributed by atoms with Gasteiger partial charge < -0.3 is 9.84 Å². The highest BCUT2D eigenvalue weighted by atomic mass is 32.1. The Morgan fingerprint density at radius 1 is 1.14 bits per heavy atom. The largest absolute Gasteiger partial charge is 0.479 e. The highest BCUT2D eigenvalue weighted by molar-refractivity contribution is 7.16. The van der Waals surface area contributed by atoms with Crippen LogP contribution in [0.2, 0.25) is 0 Å². The zero-order valence-corrected chi connectivity index (χ0v) is 17.6. The highest BCUT2D eigenvalue weighted by Gasteiger charge is 2.32. The number of ether oxygens (including phenoxy) is 1. The lowest BCUT2D eigenvalue weighted by atomic mass is 9.91. The van der Waals surface area contributed by atoms with Crippen LogP contribution in [0.15, 0.2) is 48.0 Å². The molecule has 0 aliphatic heterocycles. The number of carbonyl (C=O) groups is 1. The van der Waals surface area contributed by atoms with E-state index in [1.807, 2.05) is 69.6 Å². The van der Waals surface area contributed by atoms with Crippen molar-refractivity contribution in [2.24, 2.45) is 0 Å². The number of aryl methyl sites for hydroxylation is 1. The summed E-state index contributed by atoms with van der Waals surface area (Å²) in [5.74, 6) is -1.03. The molecule has 0 bridgehead atoms. The number of para-hydroxylation sites is 1. The summed E-state index contributed by atoms with van der Waals surface area (Å²) in [5, 5.41) is 10.9. The fourth-order valence-corrected chi connectivity index (χ4v) is 4.29. The first kappa shape index (κ1) is 19.5. The van der Waals surface area contributed by atoms with Gasteiger partial charge in [-0.1, -0.05) is 24.3 Å². The zero-order valence-electron chi connectivity index (χ0n) is 16.8. The molecule has 0 saturated carbocycles. The number of aliphatic carboxylic acids is 1. The van der Waals surface area contributed by atoms with Crippen LogP contribution < -0.4 is 0 Å². The number of pyridine rings is 1. The van der Waals surface area contributed by atoms with Crippen molar-refractivity contribution in [3.05, 3.63) is 59.2 Å². The molecular weight excluding hydrogens is 384 g/mol. The summed E-state index contributed by atoms with van der Waals surface area (Å²) in [4.78, 5) is 21.3. The second kappa shape index (κ2) is 7.21. The summed E-state index contributed by atoms with van der Waals surface area (Å²) in [6, 6.07) is 13.8. The molecule has 0 saturated heterocycles. The van der Waals surface area contributed by atoms with Crippen molar-refractivity contribution in [2.75, 3.05) is 0 Å². The summed E-state index contributed by atoms with van der Waals surface area (Å²) in [6.07, 6.45) is -1.13. The SMILES string of the molecule is Cc1nc2ccccc2c(-c2ccc3ncsc3c2)c1[C@H](OC(C)(C)C)C(=O)O. The van der Waals surface area contributed by atoms with Crippen LogP contribution in [0.5, 0.6) is 0 Å². The molecule has 6 heteroatoms. The fraction of sp³-hybridized carbons (Fsp3) is 0.261. The van der Waals surface area contributed by atoms with Crippen LogP contribution >= 0.6 is 11.3 Å². The maximum absolute atomic E-state index is 12.3. The maximum Gasteiger partial charge on any atom is 0.337 e. The summed E-state index contributed by atoms with van der Waals surface area (Å²) in [6.45, 7) is 7.42. The molecule has 1 atom stereocenters. The fourth-order valence-electron chi connectivity index (χ4n) is 3.58. The van der Waals surface area contributed by atoms with E-state index < -0.39 is 17.7 Å². The van der Waals surface area contributed by atoms with Gasteiger partial charge in [0, 0.05) is 16.6 Å². The Balaban J connectivity index is 2.06. The molecule has 2 aromatic heterocycles. The van der Waals surface area contributed by atoms with Gasteiger partial charge in [0.05, 0.1) is 26.8 Å². The van der Waals surface area contributed by atoms with Gasteiger partial charge in [-0.2, -0.15) is 0 Å². The van der Waals surface area contributed by atoms with Gasteiger partial charge in [-0.15, -0.1) is 11.3 Å². The molecule has 29 heavy (non-hydrogen) atoms. The smallest absolute Gasteiger partial charge is 0.337 e. The first-order valence-corrected chi connectivity index (χ1v) is 10.3. The van der Waals surface area contributed by atoms with Crippen molar-refractivity contribution in [1.29, 1.82) is 0 Å². The first-order chi connectivity index (χ1) is 13.7. The van der Waals surface area contributed by atoms with E-state index in [0.717, 1.165) is 32.2 Å². The average Bonchev–Trinajstić information content (AvgIpc) is 3.12. The van der Waals surface area contributed by atoms with Crippen molar-refractivity contribution >= 4 is 38.4 Å². The minimum Gasteiger partial charge on any atom is -0.479 e. The van der Waals surface area contributed by atoms with Crippen LogP contribution in [0.25, 0.3) is 32.2 Å². The van der Waals surface area contributed by atoms with E-state index in [9.17, 15) is 9.90 Å². The molecule has 4 rings (SSSR count). The monoisotopic (exact) mass is 406 g/mol. The molecule has 0 radical (unpaired) electrons. The van der Waals surface area contributed by atoms with Gasteiger partial charge >= 0.3 is 5.97 Å². The third kappa shape index (κ3) is 3.73. The molecule has 0 unspecified atom stereocenters. The topological polar surface area (TPSA) is 72.3 Å². The van der Waals surface area contributed by atoms with Gasteiger partial charge in [-0.3, -0.25) is 4.98 Å². The molecule has 5 nitrogen and oxygen atoms in total. The molecule has 2 aromatic carbocycles. The van der Waals surface area contributed by atoms with Crippen molar-refractivity contribution < 1.29 is 14.6 Å². The minimum atomic E-state index is -1.13. The van der Waals surface area contributed by atoms with Gasteiger partial charge in [0.1, 0.15) is 0 Å². The van der Waals surface area contributed by atoms with Gasteiger partial charge in [-0.25, -0.2) is 9.78 Å². The Labute approximate surface area is 173 Å². The number of hydrogen-bond donors (Lipinski definition) is 1. The number of benzene rings is 2. The van der Waals surface area contributed by atoms with E-state index in [1.165, 1.54) is 0 Å². The predicted octanol–water partition coefficient (Wildman–Crippen LogP) is 5.76. The van der Waals surface area contributed by atoms with Crippen molar-refractivity contribution in [3.8, 4) is 11.1 Å².